The van der Waals surface area contributed by atoms with Crippen LogP contribution in [0.1, 0.15) is 5.69 Å². The smallest absolute Gasteiger partial charge is 0.240 e. The number of aryl methyl sites for hydroxylation is 1. The molecule has 6 heteroatoms. The maximum Gasteiger partial charge on any atom is 0.240 e. The van der Waals surface area contributed by atoms with Gasteiger partial charge in [-0.15, -0.1) is 5.10 Å². The minimum Gasteiger partial charge on any atom is -0.366 e. The van der Waals surface area contributed by atoms with Crippen LogP contribution in [0.2, 0.25) is 0 Å². The third-order valence-corrected chi connectivity index (χ3v) is 2.93. The molecule has 0 aliphatic carbocycles. The highest BCUT2D eigenvalue weighted by molar-refractivity contribution is 5.68. The molecule has 0 unspecified atom stereocenters. The molecule has 0 bridgehead atoms. The van der Waals surface area contributed by atoms with Gasteiger partial charge in [0.25, 0.3) is 0 Å². The Morgan fingerprint density at radius 1 is 1.11 bits per heavy atom. The number of pyridine rings is 1. The molecule has 96 valence electrons. The van der Waals surface area contributed by atoms with Gasteiger partial charge in [0.15, 0.2) is 5.65 Å². The molecule has 0 aliphatic rings. The van der Waals surface area contributed by atoms with Gasteiger partial charge in [-0.2, -0.15) is 4.98 Å². The molecule has 19 heavy (non-hydrogen) atoms. The molecule has 0 radical (unpaired) electrons. The average molecular weight is 260 g/mol. The van der Waals surface area contributed by atoms with E-state index in [0.717, 1.165) is 6.07 Å². The molecule has 0 amide bonds. The number of benzene rings is 1. The Morgan fingerprint density at radius 3 is 2.47 bits per heavy atom. The van der Waals surface area contributed by atoms with E-state index in [1.165, 1.54) is 12.1 Å². The number of nitrogens with zero attached hydrogens (tertiary/aromatic N) is 3. The number of hydrogen-bond acceptors (Lipinski definition) is 3. The lowest BCUT2D eigenvalue weighted by molar-refractivity contribution is 0.584. The summed E-state index contributed by atoms with van der Waals surface area (Å²) in [6.45, 7) is 1.79. The van der Waals surface area contributed by atoms with Crippen LogP contribution in [-0.2, 0) is 0 Å². The molecule has 0 aliphatic heterocycles. The molecule has 4 nitrogen and oxygen atoms in total. The van der Waals surface area contributed by atoms with Crippen molar-refractivity contribution in [1.82, 2.24) is 14.6 Å². The van der Waals surface area contributed by atoms with Crippen LogP contribution >= 0.6 is 0 Å². The van der Waals surface area contributed by atoms with Crippen molar-refractivity contribution in [2.45, 2.75) is 6.92 Å². The number of rotatable bonds is 1. The van der Waals surface area contributed by atoms with E-state index >= 15 is 0 Å². The van der Waals surface area contributed by atoms with Gasteiger partial charge in [-0.1, -0.05) is 0 Å². The van der Waals surface area contributed by atoms with Crippen LogP contribution < -0.4 is 5.73 Å². The van der Waals surface area contributed by atoms with Crippen molar-refractivity contribution < 1.29 is 8.78 Å². The van der Waals surface area contributed by atoms with Gasteiger partial charge in [0, 0.05) is 17.3 Å². The molecule has 0 spiro atoms. The van der Waals surface area contributed by atoms with E-state index in [1.54, 1.807) is 23.6 Å². The second kappa shape index (κ2) is 4.01. The summed E-state index contributed by atoms with van der Waals surface area (Å²) in [7, 11) is 0. The Balaban J connectivity index is 2.27. The summed E-state index contributed by atoms with van der Waals surface area (Å²) in [5, 5.41) is 4.04. The first kappa shape index (κ1) is 11.6. The van der Waals surface area contributed by atoms with Crippen LogP contribution in [0.25, 0.3) is 16.8 Å². The lowest BCUT2D eigenvalue weighted by Gasteiger charge is -2.07. The topological polar surface area (TPSA) is 56.2 Å². The first-order chi connectivity index (χ1) is 9.04. The van der Waals surface area contributed by atoms with Crippen LogP contribution in [0, 0.1) is 18.6 Å². The number of anilines is 1. The Kier molecular flexibility index (Phi) is 2.45. The highest BCUT2D eigenvalue weighted by Gasteiger charge is 2.10. The zero-order chi connectivity index (χ0) is 13.6. The molecule has 2 N–H and O–H groups in total. The van der Waals surface area contributed by atoms with Gasteiger partial charge in [0.05, 0.1) is 0 Å². The zero-order valence-electron chi connectivity index (χ0n) is 10.1. The van der Waals surface area contributed by atoms with Gasteiger partial charge < -0.3 is 5.73 Å². The van der Waals surface area contributed by atoms with Crippen molar-refractivity contribution >= 4 is 11.6 Å². The van der Waals surface area contributed by atoms with E-state index in [0.29, 0.717) is 22.5 Å². The van der Waals surface area contributed by atoms with Gasteiger partial charge >= 0.3 is 0 Å². The van der Waals surface area contributed by atoms with E-state index in [1.807, 2.05) is 0 Å². The summed E-state index contributed by atoms with van der Waals surface area (Å²) < 4.78 is 28.1. The van der Waals surface area contributed by atoms with Crippen LogP contribution in [0.15, 0.2) is 30.3 Å². The maximum absolute atomic E-state index is 13.3. The van der Waals surface area contributed by atoms with Gasteiger partial charge in [-0.3, -0.25) is 0 Å². The minimum atomic E-state index is -0.618. The molecule has 0 saturated heterocycles. The van der Waals surface area contributed by atoms with E-state index in [4.69, 9.17) is 5.73 Å². The van der Waals surface area contributed by atoms with Crippen molar-refractivity contribution in [2.75, 3.05) is 5.73 Å². The van der Waals surface area contributed by atoms with Crippen molar-refractivity contribution in [3.8, 4) is 11.1 Å². The first-order valence-electron chi connectivity index (χ1n) is 5.63. The normalized spacial score (nSPS) is 11.1. The van der Waals surface area contributed by atoms with E-state index in [9.17, 15) is 8.78 Å². The minimum absolute atomic E-state index is 0.158. The number of fused-ring (bicyclic) bond motifs is 1. The fraction of sp³-hybridized carbons (Fsp3) is 0.0769. The highest BCUT2D eigenvalue weighted by atomic mass is 19.1. The summed E-state index contributed by atoms with van der Waals surface area (Å²) in [5.74, 6) is -1.08. The van der Waals surface area contributed by atoms with Crippen molar-refractivity contribution in [3.63, 3.8) is 0 Å². The van der Waals surface area contributed by atoms with Gasteiger partial charge in [-0.05, 0) is 36.8 Å². The van der Waals surface area contributed by atoms with E-state index < -0.39 is 11.6 Å². The van der Waals surface area contributed by atoms with Crippen molar-refractivity contribution in [2.24, 2.45) is 0 Å². The molecule has 3 aromatic rings. The molecule has 2 aromatic heterocycles. The molecule has 1 aromatic carbocycles. The Labute approximate surface area is 107 Å². The van der Waals surface area contributed by atoms with Crippen molar-refractivity contribution in [1.29, 1.82) is 0 Å². The Bertz CT molecular complexity index is 759. The second-order valence-electron chi connectivity index (χ2n) is 4.23. The third-order valence-electron chi connectivity index (χ3n) is 2.93. The molecule has 0 atom stereocenters. The number of nitrogens with two attached hydrogens (primary N) is 1. The molecule has 0 saturated carbocycles. The fourth-order valence-corrected chi connectivity index (χ4v) is 2.10. The molecular formula is C13H10F2N4. The molecule has 2 heterocycles. The van der Waals surface area contributed by atoms with E-state index in [2.05, 4.69) is 10.1 Å². The van der Waals surface area contributed by atoms with Crippen molar-refractivity contribution in [3.05, 3.63) is 47.7 Å². The lowest BCUT2D eigenvalue weighted by Crippen LogP contribution is -1.97. The number of aromatic nitrogens is 3. The molecule has 3 rings (SSSR count). The third kappa shape index (κ3) is 1.91. The molecule has 0 fully saturated rings. The predicted octanol–water partition coefficient (Wildman–Crippen LogP) is 2.57. The quantitative estimate of drug-likeness (QED) is 0.731. The summed E-state index contributed by atoms with van der Waals surface area (Å²) in [5.41, 5.74) is 7.97. The summed E-state index contributed by atoms with van der Waals surface area (Å²) >= 11 is 0. The van der Waals surface area contributed by atoms with Crippen LogP contribution in [0.3, 0.4) is 0 Å². The van der Waals surface area contributed by atoms with Gasteiger partial charge in [0.1, 0.15) is 11.6 Å². The predicted molar refractivity (Wildman–Crippen MR) is 67.5 cm³/mol. The Morgan fingerprint density at radius 2 is 1.79 bits per heavy atom. The maximum atomic E-state index is 13.3. The monoisotopic (exact) mass is 260 g/mol. The lowest BCUT2D eigenvalue weighted by atomic mass is 10.0. The van der Waals surface area contributed by atoms with Crippen LogP contribution in [-0.4, -0.2) is 14.6 Å². The summed E-state index contributed by atoms with van der Waals surface area (Å²) in [4.78, 5) is 4.03. The second-order valence-corrected chi connectivity index (χ2v) is 4.23. The average Bonchev–Trinajstić information content (AvgIpc) is 2.70. The number of nitrogen functional groups attached to an aromatic ring is 1. The largest absolute Gasteiger partial charge is 0.366 e. The first-order valence-corrected chi connectivity index (χ1v) is 5.63. The zero-order valence-corrected chi connectivity index (χ0v) is 10.1. The van der Waals surface area contributed by atoms with Gasteiger partial charge in [0.2, 0.25) is 5.95 Å². The van der Waals surface area contributed by atoms with Crippen LogP contribution in [0.4, 0.5) is 14.7 Å². The number of hydrogen-bond donors (Lipinski definition) is 1. The molecular weight excluding hydrogens is 250 g/mol. The standard InChI is InChI=1S/C13H10F2N4/c1-7-11(8-4-9(14)6-10(15)5-8)2-3-12-17-13(16)18-19(7)12/h2-6H,1H3,(H2,16,18). The van der Waals surface area contributed by atoms with E-state index in [-0.39, 0.29) is 5.95 Å². The highest BCUT2D eigenvalue weighted by Crippen LogP contribution is 2.25. The fourth-order valence-electron chi connectivity index (χ4n) is 2.10. The number of halogens is 2. The summed E-state index contributed by atoms with van der Waals surface area (Å²) in [6, 6.07) is 6.83. The van der Waals surface area contributed by atoms with Crippen LogP contribution in [0.5, 0.6) is 0 Å². The summed E-state index contributed by atoms with van der Waals surface area (Å²) in [6.07, 6.45) is 0. The van der Waals surface area contributed by atoms with Gasteiger partial charge in [-0.25, -0.2) is 13.3 Å². The SMILES string of the molecule is Cc1c(-c2cc(F)cc(F)c2)ccc2nc(N)nn12. The Hall–Kier alpha value is -2.50.